The Morgan fingerprint density at radius 2 is 1.79 bits per heavy atom. The first kappa shape index (κ1) is 21.8. The molecule has 0 saturated heterocycles. The van der Waals surface area contributed by atoms with Crippen LogP contribution in [0, 0.1) is 0 Å². The molecule has 0 radical (unpaired) electrons. The SMILES string of the molecule is CN(Cc1ccccc1)/N=C\c1c(C=O)n(Cc2ccccc2)c2nc(Cc3cc[nH]n3)sc12. The molecule has 3 heterocycles. The van der Waals surface area contributed by atoms with Gasteiger partial charge in [-0.3, -0.25) is 14.9 Å². The van der Waals surface area contributed by atoms with E-state index < -0.39 is 0 Å². The zero-order valence-electron chi connectivity index (χ0n) is 18.8. The van der Waals surface area contributed by atoms with Crippen LogP contribution in [0.25, 0.3) is 10.3 Å². The van der Waals surface area contributed by atoms with Gasteiger partial charge in [0.25, 0.3) is 0 Å². The van der Waals surface area contributed by atoms with E-state index in [9.17, 15) is 4.79 Å². The minimum Gasteiger partial charge on any atom is -0.317 e. The van der Waals surface area contributed by atoms with Crippen LogP contribution < -0.4 is 0 Å². The minimum absolute atomic E-state index is 0.560. The molecule has 34 heavy (non-hydrogen) atoms. The molecule has 0 atom stereocenters. The van der Waals surface area contributed by atoms with E-state index in [1.807, 2.05) is 65.3 Å². The van der Waals surface area contributed by atoms with Crippen LogP contribution in [-0.4, -0.2) is 44.3 Å². The number of carbonyl (C=O) groups excluding carboxylic acids is 1. The highest BCUT2D eigenvalue weighted by atomic mass is 32.1. The molecule has 8 heteroatoms. The highest BCUT2D eigenvalue weighted by molar-refractivity contribution is 7.19. The molecule has 0 fully saturated rings. The van der Waals surface area contributed by atoms with Crippen molar-refractivity contribution in [2.75, 3.05) is 7.05 Å². The molecular weight excluding hydrogens is 444 g/mol. The molecule has 0 spiro atoms. The van der Waals surface area contributed by atoms with E-state index in [-0.39, 0.29) is 0 Å². The van der Waals surface area contributed by atoms with Crippen molar-refractivity contribution in [2.24, 2.45) is 5.10 Å². The van der Waals surface area contributed by atoms with Gasteiger partial charge in [0.05, 0.1) is 28.8 Å². The maximum atomic E-state index is 12.2. The number of hydrazone groups is 1. The summed E-state index contributed by atoms with van der Waals surface area (Å²) >= 11 is 1.58. The Hall–Kier alpha value is -4.04. The Kier molecular flexibility index (Phi) is 6.31. The lowest BCUT2D eigenvalue weighted by molar-refractivity contribution is 0.111. The Bertz CT molecular complexity index is 1400. The van der Waals surface area contributed by atoms with Crippen LogP contribution in [0.3, 0.4) is 0 Å². The third-order valence-electron chi connectivity index (χ3n) is 5.54. The van der Waals surface area contributed by atoms with Gasteiger partial charge in [0.15, 0.2) is 11.9 Å². The average molecular weight is 469 g/mol. The Balaban J connectivity index is 1.53. The number of H-pyrrole nitrogens is 1. The molecule has 170 valence electrons. The summed E-state index contributed by atoms with van der Waals surface area (Å²) in [6, 6.07) is 22.2. The lowest BCUT2D eigenvalue weighted by Crippen LogP contribution is -2.11. The highest BCUT2D eigenvalue weighted by Gasteiger charge is 2.21. The topological polar surface area (TPSA) is 79.2 Å². The summed E-state index contributed by atoms with van der Waals surface area (Å²) in [4.78, 5) is 17.2. The number of benzene rings is 2. The van der Waals surface area contributed by atoms with Crippen molar-refractivity contribution in [3.05, 3.63) is 106 Å². The van der Waals surface area contributed by atoms with E-state index in [0.29, 0.717) is 25.2 Å². The van der Waals surface area contributed by atoms with E-state index >= 15 is 0 Å². The van der Waals surface area contributed by atoms with Gasteiger partial charge in [0.1, 0.15) is 5.01 Å². The van der Waals surface area contributed by atoms with Gasteiger partial charge >= 0.3 is 0 Å². The summed E-state index contributed by atoms with van der Waals surface area (Å²) in [6.45, 7) is 1.24. The van der Waals surface area contributed by atoms with Gasteiger partial charge in [-0.25, -0.2) is 4.98 Å². The van der Waals surface area contributed by atoms with Crippen LogP contribution in [0.5, 0.6) is 0 Å². The van der Waals surface area contributed by atoms with E-state index in [1.54, 1.807) is 17.6 Å². The van der Waals surface area contributed by atoms with Crippen molar-refractivity contribution < 1.29 is 4.79 Å². The van der Waals surface area contributed by atoms with Crippen molar-refractivity contribution in [1.29, 1.82) is 0 Å². The number of aromatic amines is 1. The van der Waals surface area contributed by atoms with Crippen molar-refractivity contribution in [3.63, 3.8) is 0 Å². The van der Waals surface area contributed by atoms with E-state index in [1.165, 1.54) is 5.56 Å². The molecule has 7 nitrogen and oxygen atoms in total. The van der Waals surface area contributed by atoms with Gasteiger partial charge in [0.2, 0.25) is 0 Å². The van der Waals surface area contributed by atoms with Crippen LogP contribution in [0.15, 0.2) is 78.0 Å². The molecule has 3 aromatic heterocycles. The fourth-order valence-corrected chi connectivity index (χ4v) is 5.03. The first-order chi connectivity index (χ1) is 16.7. The van der Waals surface area contributed by atoms with Crippen LogP contribution in [0.2, 0.25) is 0 Å². The molecule has 5 rings (SSSR count). The number of carbonyl (C=O) groups is 1. The molecule has 5 aromatic rings. The van der Waals surface area contributed by atoms with Crippen molar-refractivity contribution >= 4 is 34.2 Å². The van der Waals surface area contributed by atoms with Crippen LogP contribution in [0.4, 0.5) is 0 Å². The Morgan fingerprint density at radius 1 is 1.06 bits per heavy atom. The maximum absolute atomic E-state index is 12.2. The molecule has 0 aliphatic carbocycles. The Morgan fingerprint density at radius 3 is 2.47 bits per heavy atom. The summed E-state index contributed by atoms with van der Waals surface area (Å²) < 4.78 is 2.95. The number of fused-ring (bicyclic) bond motifs is 1. The van der Waals surface area contributed by atoms with Crippen molar-refractivity contribution in [1.82, 2.24) is 24.8 Å². The Labute approximate surface area is 201 Å². The maximum Gasteiger partial charge on any atom is 0.167 e. The summed E-state index contributed by atoms with van der Waals surface area (Å²) in [5.74, 6) is 0. The van der Waals surface area contributed by atoms with Crippen LogP contribution in [0.1, 0.15) is 37.9 Å². The standard InChI is InChI=1S/C26H24N6OS/c1-31(16-19-8-4-2-5-9-19)28-15-22-23(18-33)32(17-20-10-6-3-7-11-20)26-25(22)34-24(29-26)14-21-12-13-27-30-21/h2-13,15,18H,14,16-17H2,1H3,(H,27,30)/b28-15-. The minimum atomic E-state index is 0.560. The number of rotatable bonds is 9. The van der Waals surface area contributed by atoms with Gasteiger partial charge in [-0.05, 0) is 17.2 Å². The molecule has 0 saturated carbocycles. The number of thiazole rings is 1. The lowest BCUT2D eigenvalue weighted by Gasteiger charge is -2.12. The lowest BCUT2D eigenvalue weighted by atomic mass is 10.2. The summed E-state index contributed by atoms with van der Waals surface area (Å²) in [5.41, 5.74) is 5.39. The largest absolute Gasteiger partial charge is 0.317 e. The monoisotopic (exact) mass is 468 g/mol. The summed E-state index contributed by atoms with van der Waals surface area (Å²) in [6.07, 6.45) is 5.13. The predicted molar refractivity (Wildman–Crippen MR) is 135 cm³/mol. The fourth-order valence-electron chi connectivity index (χ4n) is 3.93. The van der Waals surface area contributed by atoms with Crippen molar-refractivity contribution in [3.8, 4) is 0 Å². The van der Waals surface area contributed by atoms with E-state index in [2.05, 4.69) is 39.6 Å². The molecule has 0 aliphatic rings. The zero-order valence-corrected chi connectivity index (χ0v) is 19.6. The molecule has 1 N–H and O–H groups in total. The number of hydrogen-bond donors (Lipinski definition) is 1. The van der Waals surface area contributed by atoms with Gasteiger partial charge in [-0.1, -0.05) is 60.7 Å². The third-order valence-corrected chi connectivity index (χ3v) is 6.62. The van der Waals surface area contributed by atoms with Gasteiger partial charge in [-0.2, -0.15) is 10.2 Å². The van der Waals surface area contributed by atoms with Gasteiger partial charge < -0.3 is 4.57 Å². The van der Waals surface area contributed by atoms with Crippen LogP contribution in [-0.2, 0) is 19.5 Å². The summed E-state index contributed by atoms with van der Waals surface area (Å²) in [7, 11) is 1.93. The van der Waals surface area contributed by atoms with E-state index in [0.717, 1.165) is 38.5 Å². The zero-order chi connectivity index (χ0) is 23.3. The molecule has 2 aromatic carbocycles. The molecule has 0 aliphatic heterocycles. The van der Waals surface area contributed by atoms with Crippen molar-refractivity contribution in [2.45, 2.75) is 19.5 Å². The van der Waals surface area contributed by atoms with Gasteiger partial charge in [0, 0.05) is 31.8 Å². The number of nitrogens with zero attached hydrogens (tertiary/aromatic N) is 5. The third kappa shape index (κ3) is 4.67. The fraction of sp³-hybridized carbons (Fsp3) is 0.154. The number of aromatic nitrogens is 4. The molecular formula is C26H24N6OS. The number of nitrogens with one attached hydrogen (secondary N) is 1. The van der Waals surface area contributed by atoms with Crippen LogP contribution >= 0.6 is 11.3 Å². The molecule has 0 amide bonds. The second-order valence-electron chi connectivity index (χ2n) is 8.04. The first-order valence-electron chi connectivity index (χ1n) is 11.0. The van der Waals surface area contributed by atoms with Gasteiger partial charge in [-0.15, -0.1) is 11.3 Å². The summed E-state index contributed by atoms with van der Waals surface area (Å²) in [5, 5.41) is 14.6. The van der Waals surface area contributed by atoms with E-state index in [4.69, 9.17) is 4.98 Å². The second kappa shape index (κ2) is 9.84. The smallest absolute Gasteiger partial charge is 0.167 e. The second-order valence-corrected chi connectivity index (χ2v) is 9.12. The molecule has 0 unspecified atom stereocenters. The quantitative estimate of drug-likeness (QED) is 0.193. The average Bonchev–Trinajstić information content (AvgIpc) is 3.57. The first-order valence-corrected chi connectivity index (χ1v) is 11.8. The number of aldehydes is 1. The normalized spacial score (nSPS) is 11.4. The predicted octanol–water partition coefficient (Wildman–Crippen LogP) is 4.74. The number of hydrogen-bond acceptors (Lipinski definition) is 6. The highest BCUT2D eigenvalue weighted by Crippen LogP contribution is 2.31. The molecule has 0 bridgehead atoms.